The molecule has 2 N–H and O–H groups in total. The molecule has 0 amide bonds. The van der Waals surface area contributed by atoms with Crippen LogP contribution in [0.2, 0.25) is 0 Å². The van der Waals surface area contributed by atoms with Crippen LogP contribution in [0.25, 0.3) is 0 Å². The van der Waals surface area contributed by atoms with Crippen molar-refractivity contribution in [2.45, 2.75) is 0 Å². The Kier molecular flexibility index (Phi) is 24.9. The van der Waals surface area contributed by atoms with E-state index in [2.05, 4.69) is 0 Å². The molecule has 0 unspecified atom stereocenters. The Morgan fingerprint density at radius 1 is 1.50 bits per heavy atom. The first kappa shape index (κ1) is 15.7. The van der Waals surface area contributed by atoms with E-state index in [1.54, 1.807) is 0 Å². The van der Waals surface area contributed by atoms with Crippen LogP contribution in [0.4, 0.5) is 0 Å². The van der Waals surface area contributed by atoms with Gasteiger partial charge in [-0.1, -0.05) is 0 Å². The van der Waals surface area contributed by atoms with Crippen molar-refractivity contribution in [2.24, 2.45) is 0 Å². The molecule has 0 aliphatic carbocycles. The molecule has 32 valence electrons. The van der Waals surface area contributed by atoms with Gasteiger partial charge in [0.15, 0.2) is 0 Å². The molecular weight excluding hydrogens is 192 g/mol. The molecule has 6 heteroatoms. The summed E-state index contributed by atoms with van der Waals surface area (Å²) in [5.74, 6) is 0. The molecule has 0 atom stereocenters. The molecule has 0 saturated heterocycles. The molecule has 0 aliphatic rings. The van der Waals surface area contributed by atoms with Gasteiger partial charge in [-0.3, -0.25) is 4.46 Å². The van der Waals surface area contributed by atoms with E-state index >= 15 is 0 Å². The zero-order chi connectivity index (χ0) is 3.58. The van der Waals surface area contributed by atoms with Crippen molar-refractivity contribution in [1.29, 1.82) is 0 Å². The predicted octanol–water partition coefficient (Wildman–Crippen LogP) is -1.77. The SMILES string of the molecule is O=[Si](O)O.[H-].[H-].[Mg+2].[Zr]. The molecule has 0 aromatic heterocycles. The van der Waals surface area contributed by atoms with Crippen LogP contribution in [0.15, 0.2) is 0 Å². The average Bonchev–Trinajstić information content (AvgIpc) is 0.811. The fourth-order valence-corrected chi connectivity index (χ4v) is 0. The molecule has 0 rings (SSSR count). The van der Waals surface area contributed by atoms with Crippen LogP contribution in [-0.2, 0) is 30.7 Å². The normalized spacial score (nSPS) is 4.00. The molecule has 0 bridgehead atoms. The molecule has 0 spiro atoms. The summed E-state index contributed by atoms with van der Waals surface area (Å²) in [6.45, 7) is 0. The Hall–Kier alpha value is 1.27. The van der Waals surface area contributed by atoms with Crippen LogP contribution in [0.5, 0.6) is 0 Å². The number of hydrogen-bond acceptors (Lipinski definition) is 1. The van der Waals surface area contributed by atoms with Gasteiger partial charge in [-0.25, -0.2) is 0 Å². The summed E-state index contributed by atoms with van der Waals surface area (Å²) < 4.78 is 8.74. The minimum absolute atomic E-state index is 0. The van der Waals surface area contributed by atoms with Gasteiger partial charge >= 0.3 is 32.2 Å². The van der Waals surface area contributed by atoms with Crippen LogP contribution < -0.4 is 0 Å². The van der Waals surface area contributed by atoms with Crippen molar-refractivity contribution in [3.05, 3.63) is 0 Å². The van der Waals surface area contributed by atoms with E-state index in [0.717, 1.165) is 0 Å². The third-order valence-electron chi connectivity index (χ3n) is 0. The van der Waals surface area contributed by atoms with Crippen molar-refractivity contribution in [2.75, 3.05) is 0 Å². The van der Waals surface area contributed by atoms with Crippen molar-refractivity contribution in [1.82, 2.24) is 0 Å². The van der Waals surface area contributed by atoms with Crippen LogP contribution in [0.1, 0.15) is 2.85 Å². The Labute approximate surface area is 74.9 Å². The molecular formula is H4MgO3SiZr. The zero-order valence-corrected chi connectivity index (χ0v) is 7.88. The van der Waals surface area contributed by atoms with Crippen LogP contribution in [0.3, 0.4) is 0 Å². The van der Waals surface area contributed by atoms with E-state index in [0.29, 0.717) is 0 Å². The summed E-state index contributed by atoms with van der Waals surface area (Å²) in [5, 5.41) is 0. The van der Waals surface area contributed by atoms with Crippen molar-refractivity contribution >= 4 is 32.2 Å². The van der Waals surface area contributed by atoms with Gasteiger partial charge in [0.25, 0.3) is 0 Å². The van der Waals surface area contributed by atoms with Gasteiger partial charge in [-0.05, 0) is 0 Å². The van der Waals surface area contributed by atoms with Crippen LogP contribution in [0, 0.1) is 0 Å². The van der Waals surface area contributed by atoms with Crippen LogP contribution >= 0.6 is 0 Å². The standard InChI is InChI=1S/Mg.H2O3Si.Zr.2H/c;1-4(2)3;;;/h;1-2H;;;/q+2;;;2*-1. The number of hydrogen-bond donors (Lipinski definition) is 2. The minimum Gasteiger partial charge on any atom is -1.00 e. The Balaban J connectivity index is -0.00000000750. The average molecular weight is 196 g/mol. The van der Waals surface area contributed by atoms with Gasteiger partial charge < -0.3 is 12.4 Å². The first-order valence-corrected chi connectivity index (χ1v) is 1.95. The molecule has 0 fully saturated rings. The topological polar surface area (TPSA) is 57.5 Å². The molecule has 3 nitrogen and oxygen atoms in total. The third-order valence-corrected chi connectivity index (χ3v) is 0. The van der Waals surface area contributed by atoms with Crippen molar-refractivity contribution < 1.29 is 43.1 Å². The fourth-order valence-electron chi connectivity index (χ4n) is 0. The second kappa shape index (κ2) is 9.55. The first-order valence-electron chi connectivity index (χ1n) is 0.651. The second-order valence-electron chi connectivity index (χ2n) is 0.283. The Morgan fingerprint density at radius 2 is 1.50 bits per heavy atom. The van der Waals surface area contributed by atoms with Gasteiger partial charge in [-0.15, -0.1) is 0 Å². The van der Waals surface area contributed by atoms with E-state index < -0.39 is 9.17 Å². The monoisotopic (exact) mass is 194 g/mol. The molecule has 0 saturated carbocycles. The predicted molar refractivity (Wildman–Crippen MR) is 18.9 cm³/mol. The molecule has 0 aromatic rings. The van der Waals surface area contributed by atoms with Gasteiger partial charge in [0, 0.05) is 26.2 Å². The quantitative estimate of drug-likeness (QED) is 0.450. The van der Waals surface area contributed by atoms with E-state index in [4.69, 9.17) is 14.1 Å². The van der Waals surface area contributed by atoms with Gasteiger partial charge in [0.2, 0.25) is 0 Å². The van der Waals surface area contributed by atoms with E-state index in [-0.39, 0.29) is 52.1 Å². The molecule has 0 heterocycles. The molecule has 0 radical (unpaired) electrons. The van der Waals surface area contributed by atoms with E-state index in [1.807, 2.05) is 0 Å². The minimum atomic E-state index is -3.13. The summed E-state index contributed by atoms with van der Waals surface area (Å²) in [7, 11) is -3.13. The van der Waals surface area contributed by atoms with Gasteiger partial charge in [0.05, 0.1) is 0 Å². The fraction of sp³-hybridized carbons (Fsp3) is 0. The number of rotatable bonds is 0. The molecule has 6 heavy (non-hydrogen) atoms. The maximum Gasteiger partial charge on any atom is 2.00 e. The van der Waals surface area contributed by atoms with E-state index in [9.17, 15) is 0 Å². The summed E-state index contributed by atoms with van der Waals surface area (Å²) >= 11 is 0. The summed E-state index contributed by atoms with van der Waals surface area (Å²) in [4.78, 5) is 14.3. The largest absolute Gasteiger partial charge is 2.00 e. The van der Waals surface area contributed by atoms with E-state index in [1.165, 1.54) is 0 Å². The maximum atomic E-state index is 8.74. The second-order valence-corrected chi connectivity index (χ2v) is 0.848. The van der Waals surface area contributed by atoms with Gasteiger partial charge in [-0.2, -0.15) is 0 Å². The summed E-state index contributed by atoms with van der Waals surface area (Å²) in [5.41, 5.74) is 0. The first-order chi connectivity index (χ1) is 1.73. The summed E-state index contributed by atoms with van der Waals surface area (Å²) in [6.07, 6.45) is 0. The van der Waals surface area contributed by atoms with Crippen molar-refractivity contribution in [3.63, 3.8) is 0 Å². The third kappa shape index (κ3) is 59.8. The molecule has 0 aliphatic heterocycles. The van der Waals surface area contributed by atoms with Crippen LogP contribution in [-0.4, -0.2) is 41.8 Å². The van der Waals surface area contributed by atoms with Gasteiger partial charge in [0.1, 0.15) is 0 Å². The van der Waals surface area contributed by atoms with Crippen molar-refractivity contribution in [3.8, 4) is 0 Å². The zero-order valence-electron chi connectivity index (χ0n) is 5.01. The smallest absolute Gasteiger partial charge is 1.00 e. The molecule has 0 aromatic carbocycles. The Morgan fingerprint density at radius 3 is 1.50 bits per heavy atom. The maximum absolute atomic E-state index is 8.74. The Bertz CT molecular complexity index is 40.3. The summed E-state index contributed by atoms with van der Waals surface area (Å²) in [6, 6.07) is 0.